The SMILES string of the molecule is Cc1ccc(C)c(C2(CC(C)(C)CN)COC2)c1. The lowest BCUT2D eigenvalue weighted by Gasteiger charge is -2.47. The van der Waals surface area contributed by atoms with Crippen molar-refractivity contribution in [2.45, 2.75) is 39.5 Å². The molecule has 100 valence electrons. The Balaban J connectivity index is 2.35. The zero-order valence-electron chi connectivity index (χ0n) is 12.0. The second-order valence-electron chi connectivity index (χ2n) is 6.64. The van der Waals surface area contributed by atoms with E-state index >= 15 is 0 Å². The van der Waals surface area contributed by atoms with Crippen LogP contribution in [0.4, 0.5) is 0 Å². The molecule has 0 unspecified atom stereocenters. The summed E-state index contributed by atoms with van der Waals surface area (Å²) in [5.74, 6) is 0. The number of rotatable bonds is 4. The molecular weight excluding hydrogens is 222 g/mol. The van der Waals surface area contributed by atoms with Gasteiger partial charge in [0.15, 0.2) is 0 Å². The molecule has 0 spiro atoms. The molecule has 0 aliphatic carbocycles. The molecule has 1 heterocycles. The predicted molar refractivity (Wildman–Crippen MR) is 75.9 cm³/mol. The van der Waals surface area contributed by atoms with Crippen LogP contribution in [-0.2, 0) is 10.2 Å². The van der Waals surface area contributed by atoms with Crippen molar-refractivity contribution in [2.24, 2.45) is 11.1 Å². The molecule has 1 aromatic rings. The van der Waals surface area contributed by atoms with E-state index in [1.54, 1.807) is 0 Å². The van der Waals surface area contributed by atoms with Gasteiger partial charge in [-0.25, -0.2) is 0 Å². The summed E-state index contributed by atoms with van der Waals surface area (Å²) in [4.78, 5) is 0. The average Bonchev–Trinajstić information content (AvgIpc) is 2.27. The highest BCUT2D eigenvalue weighted by molar-refractivity contribution is 5.38. The highest BCUT2D eigenvalue weighted by atomic mass is 16.5. The van der Waals surface area contributed by atoms with Gasteiger partial charge in [-0.3, -0.25) is 0 Å². The van der Waals surface area contributed by atoms with E-state index in [2.05, 4.69) is 45.9 Å². The second-order valence-corrected chi connectivity index (χ2v) is 6.64. The number of benzene rings is 1. The lowest BCUT2D eigenvalue weighted by molar-refractivity contribution is -0.0789. The van der Waals surface area contributed by atoms with Gasteiger partial charge in [0.2, 0.25) is 0 Å². The van der Waals surface area contributed by atoms with Gasteiger partial charge in [0.1, 0.15) is 0 Å². The quantitative estimate of drug-likeness (QED) is 0.888. The molecule has 0 atom stereocenters. The third-order valence-corrected chi connectivity index (χ3v) is 4.09. The molecule has 1 fully saturated rings. The summed E-state index contributed by atoms with van der Waals surface area (Å²) in [7, 11) is 0. The maximum Gasteiger partial charge on any atom is 0.0585 e. The Morgan fingerprint density at radius 3 is 2.44 bits per heavy atom. The molecule has 0 amide bonds. The second kappa shape index (κ2) is 4.67. The molecule has 18 heavy (non-hydrogen) atoms. The number of ether oxygens (including phenoxy) is 1. The molecule has 1 aromatic carbocycles. The average molecular weight is 247 g/mol. The van der Waals surface area contributed by atoms with Gasteiger partial charge >= 0.3 is 0 Å². The van der Waals surface area contributed by atoms with Crippen LogP contribution in [0.3, 0.4) is 0 Å². The maximum absolute atomic E-state index is 5.90. The van der Waals surface area contributed by atoms with Gasteiger partial charge in [-0.05, 0) is 43.4 Å². The third kappa shape index (κ3) is 2.45. The standard InChI is InChI=1S/C16H25NO/c1-12-5-6-13(2)14(7-12)16(10-18-11-16)8-15(3,4)9-17/h5-7H,8-11,17H2,1-4H3. The third-order valence-electron chi connectivity index (χ3n) is 4.09. The molecule has 1 saturated heterocycles. The molecule has 0 radical (unpaired) electrons. The van der Waals surface area contributed by atoms with Crippen LogP contribution in [0, 0.1) is 19.3 Å². The summed E-state index contributed by atoms with van der Waals surface area (Å²) in [5, 5.41) is 0. The Kier molecular flexibility index (Phi) is 3.52. The van der Waals surface area contributed by atoms with Gasteiger partial charge in [-0.15, -0.1) is 0 Å². The van der Waals surface area contributed by atoms with Crippen LogP contribution < -0.4 is 5.73 Å². The van der Waals surface area contributed by atoms with Crippen molar-refractivity contribution in [3.8, 4) is 0 Å². The highest BCUT2D eigenvalue weighted by Gasteiger charge is 2.44. The van der Waals surface area contributed by atoms with E-state index < -0.39 is 0 Å². The van der Waals surface area contributed by atoms with E-state index in [4.69, 9.17) is 10.5 Å². The minimum absolute atomic E-state index is 0.167. The first-order valence-electron chi connectivity index (χ1n) is 6.74. The predicted octanol–water partition coefficient (Wildman–Crippen LogP) is 2.95. The van der Waals surface area contributed by atoms with E-state index in [9.17, 15) is 0 Å². The van der Waals surface area contributed by atoms with Crippen molar-refractivity contribution in [3.63, 3.8) is 0 Å². The minimum atomic E-state index is 0.167. The maximum atomic E-state index is 5.90. The van der Waals surface area contributed by atoms with Crippen LogP contribution in [0.5, 0.6) is 0 Å². The summed E-state index contributed by atoms with van der Waals surface area (Å²) >= 11 is 0. The van der Waals surface area contributed by atoms with Gasteiger partial charge < -0.3 is 10.5 Å². The normalized spacial score (nSPS) is 18.5. The van der Waals surface area contributed by atoms with E-state index in [0.717, 1.165) is 26.2 Å². The van der Waals surface area contributed by atoms with Gasteiger partial charge in [0.25, 0.3) is 0 Å². The Hall–Kier alpha value is -0.860. The summed E-state index contributed by atoms with van der Waals surface area (Å²) in [6, 6.07) is 6.73. The lowest BCUT2D eigenvalue weighted by Crippen LogP contribution is -2.51. The smallest absolute Gasteiger partial charge is 0.0585 e. The molecule has 2 rings (SSSR count). The van der Waals surface area contributed by atoms with Crippen LogP contribution >= 0.6 is 0 Å². The monoisotopic (exact) mass is 247 g/mol. The van der Waals surface area contributed by atoms with E-state index in [1.807, 2.05) is 0 Å². The van der Waals surface area contributed by atoms with E-state index in [1.165, 1.54) is 16.7 Å². The first-order valence-corrected chi connectivity index (χ1v) is 6.74. The largest absolute Gasteiger partial charge is 0.379 e. The van der Waals surface area contributed by atoms with Gasteiger partial charge in [0.05, 0.1) is 13.2 Å². The molecule has 0 bridgehead atoms. The van der Waals surface area contributed by atoms with Crippen LogP contribution in [-0.4, -0.2) is 19.8 Å². The Morgan fingerprint density at radius 2 is 1.94 bits per heavy atom. The molecule has 1 aliphatic rings. The first-order chi connectivity index (χ1) is 8.38. The highest BCUT2D eigenvalue weighted by Crippen LogP contribution is 2.43. The summed E-state index contributed by atoms with van der Waals surface area (Å²) in [5.41, 5.74) is 10.4. The summed E-state index contributed by atoms with van der Waals surface area (Å²) < 4.78 is 5.54. The van der Waals surface area contributed by atoms with Crippen molar-refractivity contribution < 1.29 is 4.74 Å². The zero-order chi connectivity index (χ0) is 13.4. The molecular formula is C16H25NO. The van der Waals surface area contributed by atoms with Crippen molar-refractivity contribution in [1.29, 1.82) is 0 Å². The molecule has 2 N–H and O–H groups in total. The fourth-order valence-electron chi connectivity index (χ4n) is 3.00. The van der Waals surface area contributed by atoms with Gasteiger partial charge in [-0.1, -0.05) is 37.6 Å². The molecule has 1 aliphatic heterocycles. The van der Waals surface area contributed by atoms with Gasteiger partial charge in [0, 0.05) is 5.41 Å². The van der Waals surface area contributed by atoms with Crippen LogP contribution in [0.25, 0.3) is 0 Å². The van der Waals surface area contributed by atoms with Crippen molar-refractivity contribution in [3.05, 3.63) is 34.9 Å². The first kappa shape index (κ1) is 13.6. The van der Waals surface area contributed by atoms with E-state index in [0.29, 0.717) is 0 Å². The van der Waals surface area contributed by atoms with E-state index in [-0.39, 0.29) is 10.8 Å². The fourth-order valence-corrected chi connectivity index (χ4v) is 3.00. The number of nitrogens with two attached hydrogens (primary N) is 1. The molecule has 2 heteroatoms. The Morgan fingerprint density at radius 1 is 1.28 bits per heavy atom. The van der Waals surface area contributed by atoms with Crippen molar-refractivity contribution >= 4 is 0 Å². The summed E-state index contributed by atoms with van der Waals surface area (Å²) in [6.07, 6.45) is 1.10. The molecule has 0 saturated carbocycles. The lowest BCUT2D eigenvalue weighted by atomic mass is 9.66. The number of hydrogen-bond donors (Lipinski definition) is 1. The van der Waals surface area contributed by atoms with Crippen LogP contribution in [0.2, 0.25) is 0 Å². The minimum Gasteiger partial charge on any atom is -0.379 e. The topological polar surface area (TPSA) is 35.2 Å². The fraction of sp³-hybridized carbons (Fsp3) is 0.625. The van der Waals surface area contributed by atoms with Gasteiger partial charge in [-0.2, -0.15) is 0 Å². The Bertz CT molecular complexity index is 433. The number of hydrogen-bond acceptors (Lipinski definition) is 2. The van der Waals surface area contributed by atoms with Crippen molar-refractivity contribution in [1.82, 2.24) is 0 Å². The van der Waals surface area contributed by atoms with Crippen LogP contribution in [0.1, 0.15) is 37.0 Å². The zero-order valence-corrected chi connectivity index (χ0v) is 12.0. The van der Waals surface area contributed by atoms with Crippen LogP contribution in [0.15, 0.2) is 18.2 Å². The molecule has 0 aromatic heterocycles. The Labute approximate surface area is 111 Å². The van der Waals surface area contributed by atoms with Crippen molar-refractivity contribution in [2.75, 3.05) is 19.8 Å². The number of aryl methyl sites for hydroxylation is 2. The molecule has 2 nitrogen and oxygen atoms in total. The summed E-state index contributed by atoms with van der Waals surface area (Å²) in [6.45, 7) is 11.2.